The average molecular weight is 306 g/mol. The molecule has 1 amide bonds. The number of nitrogens with one attached hydrogen (secondary N) is 1. The van der Waals surface area contributed by atoms with E-state index >= 15 is 0 Å². The number of carboxylic acid groups (broad SMARTS) is 1. The van der Waals surface area contributed by atoms with Crippen molar-refractivity contribution in [1.82, 2.24) is 5.32 Å². The highest BCUT2D eigenvalue weighted by Gasteiger charge is 2.27. The molecule has 6 nitrogen and oxygen atoms in total. The Bertz CT molecular complexity index is 725. The molecule has 0 spiro atoms. The fourth-order valence-corrected chi connectivity index (χ4v) is 3.60. The van der Waals surface area contributed by atoms with Crippen molar-refractivity contribution in [2.75, 3.05) is 31.6 Å². The van der Waals surface area contributed by atoms with Gasteiger partial charge in [0.15, 0.2) is 0 Å². The zero-order valence-electron chi connectivity index (χ0n) is 11.4. The number of benzene rings is 1. The van der Waals surface area contributed by atoms with Gasteiger partial charge in [0.2, 0.25) is 0 Å². The number of ether oxygens (including phenoxy) is 1. The Labute approximate surface area is 124 Å². The molecule has 1 aromatic carbocycles. The summed E-state index contributed by atoms with van der Waals surface area (Å²) in [4.78, 5) is 25.5. The van der Waals surface area contributed by atoms with Crippen LogP contribution in [0.3, 0.4) is 0 Å². The Morgan fingerprint density at radius 1 is 1.52 bits per heavy atom. The summed E-state index contributed by atoms with van der Waals surface area (Å²) in [5, 5.41) is 12.7. The summed E-state index contributed by atoms with van der Waals surface area (Å²) in [6, 6.07) is 5.56. The second-order valence-electron chi connectivity index (χ2n) is 4.71. The first-order chi connectivity index (χ1) is 10.1. The van der Waals surface area contributed by atoms with Crippen molar-refractivity contribution < 1.29 is 19.4 Å². The number of hydrogen-bond donors (Lipinski definition) is 2. The van der Waals surface area contributed by atoms with Crippen LogP contribution in [0.2, 0.25) is 0 Å². The van der Waals surface area contributed by atoms with Crippen LogP contribution in [0.4, 0.5) is 5.69 Å². The molecule has 2 heterocycles. The van der Waals surface area contributed by atoms with Crippen molar-refractivity contribution in [2.45, 2.75) is 0 Å². The van der Waals surface area contributed by atoms with Gasteiger partial charge in [0.25, 0.3) is 5.91 Å². The summed E-state index contributed by atoms with van der Waals surface area (Å²) in [7, 11) is 1.58. The van der Waals surface area contributed by atoms with E-state index in [0.29, 0.717) is 29.4 Å². The van der Waals surface area contributed by atoms with Gasteiger partial charge in [0.05, 0.1) is 12.8 Å². The smallest absolute Gasteiger partial charge is 0.323 e. The highest BCUT2D eigenvalue weighted by molar-refractivity contribution is 7.21. The minimum atomic E-state index is -0.919. The van der Waals surface area contributed by atoms with Gasteiger partial charge in [-0.25, -0.2) is 0 Å². The van der Waals surface area contributed by atoms with Crippen LogP contribution in [0.15, 0.2) is 18.2 Å². The van der Waals surface area contributed by atoms with Gasteiger partial charge < -0.3 is 20.1 Å². The maximum Gasteiger partial charge on any atom is 0.323 e. The summed E-state index contributed by atoms with van der Waals surface area (Å²) in [5.41, 5.74) is 0.686. The standard InChI is InChI=1S/C14H14N2O4S/c1-20-8-2-3-10-9(6-8)12-13(21-10)14(19)15-4-5-16(12)7-11(17)18/h2-3,6H,4-5,7H2,1H3,(H,15,19)(H,17,18). The van der Waals surface area contributed by atoms with Crippen LogP contribution in [0.1, 0.15) is 9.67 Å². The van der Waals surface area contributed by atoms with Crippen LogP contribution >= 0.6 is 11.3 Å². The van der Waals surface area contributed by atoms with Gasteiger partial charge in [-0.15, -0.1) is 11.3 Å². The Hall–Kier alpha value is -2.28. The summed E-state index contributed by atoms with van der Waals surface area (Å²) in [6.07, 6.45) is 0. The first-order valence-electron chi connectivity index (χ1n) is 6.45. The molecule has 0 atom stereocenters. The SMILES string of the molecule is COc1ccc2sc3c(c2c1)N(CC(=O)O)CCNC3=O. The number of carbonyl (C=O) groups excluding carboxylic acids is 1. The lowest BCUT2D eigenvalue weighted by atomic mass is 10.2. The average Bonchev–Trinajstić information content (AvgIpc) is 2.76. The molecule has 7 heteroatoms. The number of nitrogens with zero attached hydrogens (tertiary/aromatic N) is 1. The first kappa shape index (κ1) is 13.7. The third kappa shape index (κ3) is 2.40. The van der Waals surface area contributed by atoms with Crippen LogP contribution in [-0.2, 0) is 4.79 Å². The predicted octanol–water partition coefficient (Wildman–Crippen LogP) is 1.54. The molecule has 2 N–H and O–H groups in total. The van der Waals surface area contributed by atoms with Crippen molar-refractivity contribution in [3.05, 3.63) is 23.1 Å². The predicted molar refractivity (Wildman–Crippen MR) is 80.6 cm³/mol. The minimum absolute atomic E-state index is 0.134. The molecule has 0 saturated heterocycles. The molecule has 0 bridgehead atoms. The van der Waals surface area contributed by atoms with Crippen LogP contribution < -0.4 is 15.0 Å². The van der Waals surface area contributed by atoms with Gasteiger partial charge >= 0.3 is 5.97 Å². The monoisotopic (exact) mass is 306 g/mol. The van der Waals surface area contributed by atoms with Crippen LogP contribution in [0.25, 0.3) is 10.1 Å². The summed E-state index contributed by atoms with van der Waals surface area (Å²) in [6.45, 7) is 0.762. The van der Waals surface area contributed by atoms with E-state index < -0.39 is 5.97 Å². The Kier molecular flexibility index (Phi) is 3.42. The third-order valence-electron chi connectivity index (χ3n) is 3.38. The van der Waals surface area contributed by atoms with Crippen LogP contribution in [0.5, 0.6) is 5.75 Å². The van der Waals surface area contributed by atoms with Gasteiger partial charge in [-0.05, 0) is 18.2 Å². The van der Waals surface area contributed by atoms with Gasteiger partial charge in [-0.2, -0.15) is 0 Å². The van der Waals surface area contributed by atoms with Gasteiger partial charge in [-0.3, -0.25) is 9.59 Å². The Balaban J connectivity index is 2.21. The summed E-state index contributed by atoms with van der Waals surface area (Å²) < 4.78 is 6.16. The number of rotatable bonds is 3. The molecule has 21 heavy (non-hydrogen) atoms. The number of hydrogen-bond acceptors (Lipinski definition) is 5. The number of aliphatic carboxylic acids is 1. The maximum atomic E-state index is 12.2. The molecule has 110 valence electrons. The van der Waals surface area contributed by atoms with Crippen LogP contribution in [-0.4, -0.2) is 43.7 Å². The zero-order chi connectivity index (χ0) is 15.0. The van der Waals surface area contributed by atoms with Crippen molar-refractivity contribution in [1.29, 1.82) is 0 Å². The van der Waals surface area contributed by atoms with Crippen molar-refractivity contribution >= 4 is 39.0 Å². The normalized spacial score (nSPS) is 14.5. The van der Waals surface area contributed by atoms with E-state index in [4.69, 9.17) is 9.84 Å². The van der Waals surface area contributed by atoms with E-state index in [0.717, 1.165) is 10.1 Å². The molecule has 0 fully saturated rings. The lowest BCUT2D eigenvalue weighted by Gasteiger charge is -2.20. The largest absolute Gasteiger partial charge is 0.497 e. The van der Waals surface area contributed by atoms with Crippen LogP contribution in [0, 0.1) is 0 Å². The van der Waals surface area contributed by atoms with Crippen molar-refractivity contribution in [2.24, 2.45) is 0 Å². The molecule has 0 radical (unpaired) electrons. The zero-order valence-corrected chi connectivity index (χ0v) is 12.2. The molecule has 1 aromatic heterocycles. The van der Waals surface area contributed by atoms with Crippen molar-refractivity contribution in [3.8, 4) is 5.75 Å². The highest BCUT2D eigenvalue weighted by atomic mass is 32.1. The number of anilines is 1. The molecule has 0 aliphatic carbocycles. The van der Waals surface area contributed by atoms with E-state index in [1.807, 2.05) is 18.2 Å². The molecular formula is C14H14N2O4S. The van der Waals surface area contributed by atoms with Gasteiger partial charge in [0.1, 0.15) is 17.2 Å². The molecule has 0 saturated carbocycles. The lowest BCUT2D eigenvalue weighted by Crippen LogP contribution is -2.34. The fraction of sp³-hybridized carbons (Fsp3) is 0.286. The summed E-state index contributed by atoms with van der Waals surface area (Å²) in [5.74, 6) is -0.390. The Morgan fingerprint density at radius 3 is 3.05 bits per heavy atom. The third-order valence-corrected chi connectivity index (χ3v) is 4.54. The van der Waals surface area contributed by atoms with E-state index in [-0.39, 0.29) is 12.5 Å². The molecule has 3 rings (SSSR count). The number of thiophene rings is 1. The first-order valence-corrected chi connectivity index (χ1v) is 7.27. The fourth-order valence-electron chi connectivity index (χ4n) is 2.48. The number of carbonyl (C=O) groups is 2. The van der Waals surface area contributed by atoms with E-state index in [1.54, 1.807) is 12.0 Å². The molecule has 1 aliphatic heterocycles. The van der Waals surface area contributed by atoms with E-state index in [1.165, 1.54) is 11.3 Å². The number of carboxylic acids is 1. The van der Waals surface area contributed by atoms with Gasteiger partial charge in [-0.1, -0.05) is 0 Å². The van der Waals surface area contributed by atoms with Gasteiger partial charge in [0, 0.05) is 23.2 Å². The number of amides is 1. The second kappa shape index (κ2) is 5.25. The number of fused-ring (bicyclic) bond motifs is 3. The summed E-state index contributed by atoms with van der Waals surface area (Å²) >= 11 is 1.37. The van der Waals surface area contributed by atoms with E-state index in [2.05, 4.69) is 5.32 Å². The molecule has 0 unspecified atom stereocenters. The topological polar surface area (TPSA) is 78.9 Å². The molecular weight excluding hydrogens is 292 g/mol. The Morgan fingerprint density at radius 2 is 2.33 bits per heavy atom. The second-order valence-corrected chi connectivity index (χ2v) is 5.77. The molecule has 2 aromatic rings. The number of methoxy groups -OCH3 is 1. The molecule has 1 aliphatic rings. The minimum Gasteiger partial charge on any atom is -0.497 e. The maximum absolute atomic E-state index is 12.2. The quantitative estimate of drug-likeness (QED) is 0.899. The van der Waals surface area contributed by atoms with E-state index in [9.17, 15) is 9.59 Å². The van der Waals surface area contributed by atoms with Crippen molar-refractivity contribution in [3.63, 3.8) is 0 Å². The highest BCUT2D eigenvalue weighted by Crippen LogP contribution is 2.40. The lowest BCUT2D eigenvalue weighted by molar-refractivity contribution is -0.135.